The van der Waals surface area contributed by atoms with Gasteiger partial charge in [0.05, 0.1) is 0 Å². The van der Waals surface area contributed by atoms with Gasteiger partial charge in [0.25, 0.3) is 0 Å². The van der Waals surface area contributed by atoms with E-state index in [1.54, 1.807) is 0 Å². The highest BCUT2D eigenvalue weighted by Gasteiger charge is 2.49. The molecular weight excluding hydrogens is 394 g/mol. The van der Waals surface area contributed by atoms with Crippen LogP contribution in [-0.2, 0) is 10.2 Å². The Bertz CT molecular complexity index is 753. The molecule has 1 fully saturated rings. The van der Waals surface area contributed by atoms with Crippen LogP contribution < -0.4 is 11.1 Å². The molecule has 0 radical (unpaired) electrons. The van der Waals surface area contributed by atoms with E-state index in [0.717, 1.165) is 50.3 Å². The number of nitrogens with one attached hydrogen (secondary N) is 1. The van der Waals surface area contributed by atoms with Gasteiger partial charge in [0.15, 0.2) is 0 Å². The predicted octanol–water partition coefficient (Wildman–Crippen LogP) is 4.73. The molecule has 1 atom stereocenters. The number of hydrogen-bond acceptors (Lipinski definition) is 3. The molecule has 0 spiro atoms. The third-order valence-corrected chi connectivity index (χ3v) is 7.06. The maximum Gasteiger partial charge on any atom is 0.232 e. The first kappa shape index (κ1) is 24.5. The molecule has 0 unspecified atom stereocenters. The van der Waals surface area contributed by atoms with Crippen molar-refractivity contribution in [3.05, 3.63) is 71.8 Å². The summed E-state index contributed by atoms with van der Waals surface area (Å²) in [4.78, 5) is 15.7. The summed E-state index contributed by atoms with van der Waals surface area (Å²) < 4.78 is 0. The van der Waals surface area contributed by atoms with Gasteiger partial charge >= 0.3 is 0 Å². The van der Waals surface area contributed by atoms with Crippen molar-refractivity contribution in [3.8, 4) is 0 Å². The SMILES string of the molecule is CCNCCCCCCCCN1CC[C@@H](C(C(N)=O)(c2ccccc2)c2ccccc2)C1. The number of carbonyl (C=O) groups excluding carboxylic acids is 1. The molecule has 3 rings (SSSR count). The molecule has 174 valence electrons. The largest absolute Gasteiger partial charge is 0.369 e. The van der Waals surface area contributed by atoms with E-state index in [2.05, 4.69) is 41.4 Å². The van der Waals surface area contributed by atoms with Gasteiger partial charge in [-0.25, -0.2) is 0 Å². The number of primary amides is 1. The molecule has 2 aromatic carbocycles. The predicted molar refractivity (Wildman–Crippen MR) is 134 cm³/mol. The summed E-state index contributed by atoms with van der Waals surface area (Å²) in [5.74, 6) is -0.0461. The molecule has 0 aromatic heterocycles. The van der Waals surface area contributed by atoms with Crippen molar-refractivity contribution in [1.29, 1.82) is 0 Å². The Hall–Kier alpha value is -2.17. The quantitative estimate of drug-likeness (QED) is 0.422. The smallest absolute Gasteiger partial charge is 0.232 e. The fraction of sp³-hybridized carbons (Fsp3) is 0.536. The summed E-state index contributed by atoms with van der Waals surface area (Å²) in [6.45, 7) is 7.47. The van der Waals surface area contributed by atoms with Gasteiger partial charge in [-0.2, -0.15) is 0 Å². The van der Waals surface area contributed by atoms with Crippen molar-refractivity contribution >= 4 is 5.91 Å². The Morgan fingerprint density at radius 3 is 2.06 bits per heavy atom. The van der Waals surface area contributed by atoms with Crippen molar-refractivity contribution < 1.29 is 4.79 Å². The highest BCUT2D eigenvalue weighted by molar-refractivity contribution is 5.91. The van der Waals surface area contributed by atoms with E-state index in [9.17, 15) is 4.79 Å². The summed E-state index contributed by atoms with van der Waals surface area (Å²) in [5, 5.41) is 3.40. The van der Waals surface area contributed by atoms with Crippen LogP contribution in [0.3, 0.4) is 0 Å². The molecule has 0 aliphatic carbocycles. The van der Waals surface area contributed by atoms with Gasteiger partial charge in [-0.1, -0.05) is 93.3 Å². The van der Waals surface area contributed by atoms with Crippen LogP contribution in [0.15, 0.2) is 60.7 Å². The van der Waals surface area contributed by atoms with Gasteiger partial charge in [0.2, 0.25) is 5.91 Å². The van der Waals surface area contributed by atoms with E-state index in [1.165, 1.54) is 38.5 Å². The highest BCUT2D eigenvalue weighted by atomic mass is 16.1. The third-order valence-electron chi connectivity index (χ3n) is 7.06. The molecule has 1 aliphatic rings. The van der Waals surface area contributed by atoms with Gasteiger partial charge in [-0.15, -0.1) is 0 Å². The minimum atomic E-state index is -0.774. The van der Waals surface area contributed by atoms with Gasteiger partial charge in [0, 0.05) is 6.54 Å². The molecule has 32 heavy (non-hydrogen) atoms. The Balaban J connectivity index is 1.59. The first-order chi connectivity index (χ1) is 15.7. The first-order valence-electron chi connectivity index (χ1n) is 12.5. The Morgan fingerprint density at radius 2 is 1.50 bits per heavy atom. The van der Waals surface area contributed by atoms with Crippen molar-refractivity contribution in [1.82, 2.24) is 10.2 Å². The fourth-order valence-electron chi connectivity index (χ4n) is 5.38. The lowest BCUT2D eigenvalue weighted by Crippen LogP contribution is -2.49. The monoisotopic (exact) mass is 435 g/mol. The second kappa shape index (κ2) is 12.8. The van der Waals surface area contributed by atoms with Crippen molar-refractivity contribution in [2.24, 2.45) is 11.7 Å². The zero-order valence-corrected chi connectivity index (χ0v) is 19.8. The average molecular weight is 436 g/mol. The summed E-state index contributed by atoms with van der Waals surface area (Å²) in [6.07, 6.45) is 8.80. The summed E-state index contributed by atoms with van der Waals surface area (Å²) in [7, 11) is 0. The van der Waals surface area contributed by atoms with E-state index >= 15 is 0 Å². The van der Waals surface area contributed by atoms with Gasteiger partial charge in [-0.3, -0.25) is 4.79 Å². The number of benzene rings is 2. The molecule has 1 aliphatic heterocycles. The minimum absolute atomic E-state index is 0.191. The molecule has 2 aromatic rings. The Morgan fingerprint density at radius 1 is 0.938 bits per heavy atom. The van der Waals surface area contributed by atoms with Crippen molar-refractivity contribution in [3.63, 3.8) is 0 Å². The zero-order valence-electron chi connectivity index (χ0n) is 19.8. The van der Waals surface area contributed by atoms with Crippen LogP contribution >= 0.6 is 0 Å². The molecular formula is C28H41N3O. The normalized spacial score (nSPS) is 17.0. The summed E-state index contributed by atoms with van der Waals surface area (Å²) >= 11 is 0. The van der Waals surface area contributed by atoms with Gasteiger partial charge < -0.3 is 16.0 Å². The fourth-order valence-corrected chi connectivity index (χ4v) is 5.38. The second-order valence-corrected chi connectivity index (χ2v) is 9.17. The maximum absolute atomic E-state index is 13.1. The number of unbranched alkanes of at least 4 members (excludes halogenated alkanes) is 5. The number of nitrogens with two attached hydrogens (primary N) is 1. The van der Waals surface area contributed by atoms with Gasteiger partial charge in [-0.05, 0) is 62.5 Å². The first-order valence-corrected chi connectivity index (χ1v) is 12.5. The van der Waals surface area contributed by atoms with Crippen LogP contribution in [0.25, 0.3) is 0 Å². The highest BCUT2D eigenvalue weighted by Crippen LogP contribution is 2.43. The molecule has 0 bridgehead atoms. The number of amides is 1. The van der Waals surface area contributed by atoms with Crippen LogP contribution in [0.1, 0.15) is 63.0 Å². The van der Waals surface area contributed by atoms with Crippen LogP contribution in [0.4, 0.5) is 0 Å². The van der Waals surface area contributed by atoms with Crippen molar-refractivity contribution in [2.45, 2.75) is 57.3 Å². The molecule has 4 heteroatoms. The minimum Gasteiger partial charge on any atom is -0.369 e. The lowest BCUT2D eigenvalue weighted by Gasteiger charge is -2.37. The maximum atomic E-state index is 13.1. The number of nitrogens with zero attached hydrogens (tertiary/aromatic N) is 1. The number of hydrogen-bond donors (Lipinski definition) is 2. The zero-order chi connectivity index (χ0) is 22.7. The van der Waals surface area contributed by atoms with Crippen LogP contribution in [0.2, 0.25) is 0 Å². The lowest BCUT2D eigenvalue weighted by molar-refractivity contribution is -0.123. The van der Waals surface area contributed by atoms with Crippen LogP contribution in [0, 0.1) is 5.92 Å². The van der Waals surface area contributed by atoms with Gasteiger partial charge in [0.1, 0.15) is 5.41 Å². The number of carbonyl (C=O) groups is 1. The lowest BCUT2D eigenvalue weighted by atomic mass is 9.64. The summed E-state index contributed by atoms with van der Waals surface area (Å²) in [5.41, 5.74) is 7.46. The topological polar surface area (TPSA) is 58.4 Å². The van der Waals surface area contributed by atoms with E-state index in [1.807, 2.05) is 36.4 Å². The van der Waals surface area contributed by atoms with E-state index in [4.69, 9.17) is 5.73 Å². The van der Waals surface area contributed by atoms with E-state index in [-0.39, 0.29) is 11.8 Å². The molecule has 1 saturated heterocycles. The number of rotatable bonds is 14. The molecule has 0 saturated carbocycles. The van der Waals surface area contributed by atoms with Crippen LogP contribution in [-0.4, -0.2) is 43.5 Å². The van der Waals surface area contributed by atoms with E-state index in [0.29, 0.717) is 0 Å². The number of likely N-dealkylation sites (tertiary alicyclic amines) is 1. The summed E-state index contributed by atoms with van der Waals surface area (Å²) in [6, 6.07) is 20.3. The standard InChI is InChI=1S/C28H41N3O/c1-2-30-20-13-5-3-4-6-14-21-31-22-19-26(23-31)28(27(29)32,24-15-9-7-10-16-24)25-17-11-8-12-18-25/h7-12,15-18,26,30H,2-6,13-14,19-23H2,1H3,(H2,29,32)/t26-/m1/s1. The van der Waals surface area contributed by atoms with Crippen molar-refractivity contribution in [2.75, 3.05) is 32.7 Å². The second-order valence-electron chi connectivity index (χ2n) is 9.17. The van der Waals surface area contributed by atoms with E-state index < -0.39 is 5.41 Å². The molecule has 1 heterocycles. The molecule has 3 N–H and O–H groups in total. The van der Waals surface area contributed by atoms with Crippen LogP contribution in [0.5, 0.6) is 0 Å². The average Bonchev–Trinajstić information content (AvgIpc) is 3.29. The Labute approximate surface area is 194 Å². The third kappa shape index (κ3) is 5.99. The molecule has 4 nitrogen and oxygen atoms in total. The molecule has 1 amide bonds. The Kier molecular flexibility index (Phi) is 9.76.